The standard InChI is InChI=1S/C17H14N6OS/c1-18-17(24)23-10-2-4-13-12(6-10)16(20-8-19-13)22-11-3-5-14-15(7-11)25-9-21-14/h2-9H,1H3,(H2,18,23,24)(H,19,20,22). The third-order valence-corrected chi connectivity index (χ3v) is 4.51. The largest absolute Gasteiger partial charge is 0.341 e. The first-order chi connectivity index (χ1) is 12.2. The molecule has 0 saturated heterocycles. The predicted octanol–water partition coefficient (Wildman–Crippen LogP) is 3.73. The summed E-state index contributed by atoms with van der Waals surface area (Å²) in [4.78, 5) is 24.4. The van der Waals surface area contributed by atoms with Crippen LogP contribution in [0.3, 0.4) is 0 Å². The van der Waals surface area contributed by atoms with Gasteiger partial charge in [-0.3, -0.25) is 0 Å². The molecule has 2 amide bonds. The molecule has 0 fully saturated rings. The number of nitrogens with zero attached hydrogens (tertiary/aromatic N) is 3. The van der Waals surface area contributed by atoms with Gasteiger partial charge in [0.1, 0.15) is 12.1 Å². The molecular weight excluding hydrogens is 336 g/mol. The van der Waals surface area contributed by atoms with E-state index in [1.54, 1.807) is 24.5 Å². The van der Waals surface area contributed by atoms with Gasteiger partial charge in [0.2, 0.25) is 0 Å². The Morgan fingerprint density at radius 2 is 1.84 bits per heavy atom. The number of anilines is 3. The number of thiazole rings is 1. The van der Waals surface area contributed by atoms with Gasteiger partial charge in [-0.15, -0.1) is 11.3 Å². The van der Waals surface area contributed by atoms with Crippen molar-refractivity contribution in [1.82, 2.24) is 20.3 Å². The fourth-order valence-corrected chi connectivity index (χ4v) is 3.21. The van der Waals surface area contributed by atoms with E-state index in [2.05, 4.69) is 30.9 Å². The van der Waals surface area contributed by atoms with E-state index in [1.807, 2.05) is 35.8 Å². The van der Waals surface area contributed by atoms with Gasteiger partial charge < -0.3 is 16.0 Å². The van der Waals surface area contributed by atoms with Crippen molar-refractivity contribution < 1.29 is 4.79 Å². The Bertz CT molecular complexity index is 1080. The van der Waals surface area contributed by atoms with E-state index in [4.69, 9.17) is 0 Å². The third-order valence-electron chi connectivity index (χ3n) is 3.71. The average Bonchev–Trinajstić information content (AvgIpc) is 3.10. The Morgan fingerprint density at radius 1 is 1.00 bits per heavy atom. The minimum absolute atomic E-state index is 0.277. The van der Waals surface area contributed by atoms with E-state index in [9.17, 15) is 4.79 Å². The third kappa shape index (κ3) is 3.07. The minimum Gasteiger partial charge on any atom is -0.341 e. The molecule has 7 nitrogen and oxygen atoms in total. The molecule has 0 aliphatic heterocycles. The predicted molar refractivity (Wildman–Crippen MR) is 101 cm³/mol. The second kappa shape index (κ2) is 6.33. The van der Waals surface area contributed by atoms with E-state index in [0.717, 1.165) is 26.8 Å². The lowest BCUT2D eigenvalue weighted by Gasteiger charge is -2.10. The van der Waals surface area contributed by atoms with Crippen LogP contribution in [0.25, 0.3) is 21.1 Å². The average molecular weight is 350 g/mol. The first-order valence-electron chi connectivity index (χ1n) is 7.57. The zero-order chi connectivity index (χ0) is 17.2. The lowest BCUT2D eigenvalue weighted by molar-refractivity contribution is 0.254. The lowest BCUT2D eigenvalue weighted by Crippen LogP contribution is -2.24. The number of amides is 2. The number of aromatic nitrogens is 3. The molecule has 4 rings (SSSR count). The molecule has 0 bridgehead atoms. The summed E-state index contributed by atoms with van der Waals surface area (Å²) in [5.74, 6) is 0.675. The van der Waals surface area contributed by atoms with Gasteiger partial charge in [-0.1, -0.05) is 0 Å². The van der Waals surface area contributed by atoms with Crippen molar-refractivity contribution in [2.75, 3.05) is 17.7 Å². The van der Waals surface area contributed by atoms with Crippen LogP contribution in [-0.2, 0) is 0 Å². The molecule has 0 aliphatic rings. The van der Waals surface area contributed by atoms with Gasteiger partial charge in [-0.25, -0.2) is 19.7 Å². The maximum absolute atomic E-state index is 11.5. The molecule has 4 aromatic rings. The minimum atomic E-state index is -0.277. The van der Waals surface area contributed by atoms with Gasteiger partial charge in [-0.2, -0.15) is 0 Å². The molecule has 8 heteroatoms. The fourth-order valence-electron chi connectivity index (χ4n) is 2.50. The molecule has 0 atom stereocenters. The maximum Gasteiger partial charge on any atom is 0.318 e. The van der Waals surface area contributed by atoms with Gasteiger partial charge in [0.25, 0.3) is 0 Å². The SMILES string of the molecule is CNC(=O)Nc1ccc2ncnc(Nc3ccc4ncsc4c3)c2c1. The highest BCUT2D eigenvalue weighted by atomic mass is 32.1. The van der Waals surface area contributed by atoms with Crippen molar-refractivity contribution >= 4 is 55.7 Å². The summed E-state index contributed by atoms with van der Waals surface area (Å²) in [5.41, 5.74) is 5.17. The van der Waals surface area contributed by atoms with E-state index in [-0.39, 0.29) is 6.03 Å². The van der Waals surface area contributed by atoms with Crippen molar-refractivity contribution in [3.8, 4) is 0 Å². The summed E-state index contributed by atoms with van der Waals surface area (Å²) >= 11 is 1.59. The number of rotatable bonds is 3. The maximum atomic E-state index is 11.5. The summed E-state index contributed by atoms with van der Waals surface area (Å²) in [6, 6.07) is 11.2. The van der Waals surface area contributed by atoms with Crippen molar-refractivity contribution in [2.24, 2.45) is 0 Å². The van der Waals surface area contributed by atoms with Crippen molar-refractivity contribution in [3.05, 3.63) is 48.2 Å². The van der Waals surface area contributed by atoms with Gasteiger partial charge in [0.15, 0.2) is 0 Å². The number of benzene rings is 2. The summed E-state index contributed by atoms with van der Waals surface area (Å²) in [5, 5.41) is 9.43. The molecule has 0 unspecified atom stereocenters. The molecule has 2 aromatic carbocycles. The fraction of sp³-hybridized carbons (Fsp3) is 0.0588. The van der Waals surface area contributed by atoms with Gasteiger partial charge in [0.05, 0.1) is 21.2 Å². The van der Waals surface area contributed by atoms with Gasteiger partial charge in [-0.05, 0) is 36.4 Å². The van der Waals surface area contributed by atoms with Crippen LogP contribution in [0.2, 0.25) is 0 Å². The van der Waals surface area contributed by atoms with Crippen LogP contribution < -0.4 is 16.0 Å². The van der Waals surface area contributed by atoms with Crippen molar-refractivity contribution in [1.29, 1.82) is 0 Å². The Morgan fingerprint density at radius 3 is 2.72 bits per heavy atom. The van der Waals surface area contributed by atoms with E-state index in [0.29, 0.717) is 11.5 Å². The first-order valence-corrected chi connectivity index (χ1v) is 8.45. The number of carbonyl (C=O) groups is 1. The highest BCUT2D eigenvalue weighted by Crippen LogP contribution is 2.28. The highest BCUT2D eigenvalue weighted by Gasteiger charge is 2.08. The molecule has 3 N–H and O–H groups in total. The van der Waals surface area contributed by atoms with Gasteiger partial charge in [0, 0.05) is 23.8 Å². The van der Waals surface area contributed by atoms with E-state index in [1.165, 1.54) is 6.33 Å². The molecule has 2 heterocycles. The van der Waals surface area contributed by atoms with Gasteiger partial charge >= 0.3 is 6.03 Å². The van der Waals surface area contributed by atoms with Crippen LogP contribution in [0.4, 0.5) is 22.0 Å². The van der Waals surface area contributed by atoms with E-state index < -0.39 is 0 Å². The summed E-state index contributed by atoms with van der Waals surface area (Å²) < 4.78 is 1.10. The molecule has 0 radical (unpaired) electrons. The monoisotopic (exact) mass is 350 g/mol. The second-order valence-corrected chi connectivity index (χ2v) is 6.20. The lowest BCUT2D eigenvalue weighted by atomic mass is 10.2. The quantitative estimate of drug-likeness (QED) is 0.523. The number of hydrogen-bond acceptors (Lipinski definition) is 6. The molecule has 0 spiro atoms. The molecular formula is C17H14N6OS. The Balaban J connectivity index is 1.72. The molecule has 25 heavy (non-hydrogen) atoms. The van der Waals surface area contributed by atoms with Crippen LogP contribution in [0.1, 0.15) is 0 Å². The summed E-state index contributed by atoms with van der Waals surface area (Å²) in [6.07, 6.45) is 1.52. The number of urea groups is 1. The Labute approximate surface area is 147 Å². The summed E-state index contributed by atoms with van der Waals surface area (Å²) in [7, 11) is 1.57. The second-order valence-electron chi connectivity index (χ2n) is 5.32. The van der Waals surface area contributed by atoms with Crippen molar-refractivity contribution in [2.45, 2.75) is 0 Å². The zero-order valence-electron chi connectivity index (χ0n) is 13.3. The van der Waals surface area contributed by atoms with Crippen LogP contribution in [-0.4, -0.2) is 28.0 Å². The van der Waals surface area contributed by atoms with Crippen LogP contribution in [0, 0.1) is 0 Å². The summed E-state index contributed by atoms with van der Waals surface area (Å²) in [6.45, 7) is 0. The van der Waals surface area contributed by atoms with E-state index >= 15 is 0 Å². The molecule has 2 aromatic heterocycles. The van der Waals surface area contributed by atoms with Crippen LogP contribution in [0.5, 0.6) is 0 Å². The number of hydrogen-bond donors (Lipinski definition) is 3. The zero-order valence-corrected chi connectivity index (χ0v) is 14.1. The highest BCUT2D eigenvalue weighted by molar-refractivity contribution is 7.16. The van der Waals surface area contributed by atoms with Crippen LogP contribution in [0.15, 0.2) is 48.2 Å². The van der Waals surface area contributed by atoms with Crippen molar-refractivity contribution in [3.63, 3.8) is 0 Å². The topological polar surface area (TPSA) is 91.8 Å². The molecule has 0 saturated carbocycles. The molecule has 124 valence electrons. The first kappa shape index (κ1) is 15.3. The Kier molecular flexibility index (Phi) is 3.87. The number of fused-ring (bicyclic) bond motifs is 2. The normalized spacial score (nSPS) is 10.8. The number of carbonyl (C=O) groups excluding carboxylic acids is 1. The number of nitrogens with one attached hydrogen (secondary N) is 3. The van der Waals surface area contributed by atoms with Crippen LogP contribution >= 0.6 is 11.3 Å². The smallest absolute Gasteiger partial charge is 0.318 e. The Hall–Kier alpha value is -3.26. The molecule has 0 aliphatic carbocycles.